The third-order valence-electron chi connectivity index (χ3n) is 4.42. The number of aromatic nitrogens is 5. The lowest BCUT2D eigenvalue weighted by Gasteiger charge is -2.16. The maximum atomic E-state index is 12.9. The van der Waals surface area contributed by atoms with Crippen molar-refractivity contribution >= 4 is 23.1 Å². The Balaban J connectivity index is 2.12. The highest BCUT2D eigenvalue weighted by Crippen LogP contribution is 2.17. The molecule has 2 aromatic heterocycles. The molecule has 10 heteroatoms. The van der Waals surface area contributed by atoms with E-state index in [-0.39, 0.29) is 24.4 Å². The number of hydrogen-bond donors (Lipinski definition) is 0. The first kappa shape index (κ1) is 20.2. The minimum atomic E-state index is -1.61. The fourth-order valence-corrected chi connectivity index (χ4v) is 2.80. The molecule has 0 saturated heterocycles. The number of aryl methyl sites for hydroxylation is 2. The van der Waals surface area contributed by atoms with Gasteiger partial charge in [0.15, 0.2) is 11.2 Å². The molecular formula is C19H21N5O5. The second-order valence-corrected chi connectivity index (χ2v) is 6.31. The van der Waals surface area contributed by atoms with Crippen LogP contribution in [-0.2, 0) is 19.1 Å². The van der Waals surface area contributed by atoms with Gasteiger partial charge >= 0.3 is 11.9 Å². The maximum Gasteiger partial charge on any atom is 0.341 e. The van der Waals surface area contributed by atoms with Crippen molar-refractivity contribution in [3.63, 3.8) is 0 Å². The molecule has 3 aromatic rings. The quantitative estimate of drug-likeness (QED) is 0.449. The van der Waals surface area contributed by atoms with Crippen LogP contribution in [0.2, 0.25) is 0 Å². The molecule has 2 heterocycles. The van der Waals surface area contributed by atoms with E-state index in [9.17, 15) is 14.4 Å². The van der Waals surface area contributed by atoms with Crippen LogP contribution in [0, 0.1) is 13.8 Å². The van der Waals surface area contributed by atoms with Gasteiger partial charge in [0, 0.05) is 0 Å². The topological polar surface area (TPSA) is 118 Å². The molecule has 1 aromatic carbocycles. The molecule has 0 aliphatic rings. The number of nitrogens with zero attached hydrogens (tertiary/aromatic N) is 5. The van der Waals surface area contributed by atoms with Gasteiger partial charge in [0.05, 0.1) is 18.9 Å². The van der Waals surface area contributed by atoms with Crippen LogP contribution in [0.15, 0.2) is 29.3 Å². The van der Waals surface area contributed by atoms with Crippen molar-refractivity contribution in [2.45, 2.75) is 33.7 Å². The molecule has 152 valence electrons. The van der Waals surface area contributed by atoms with E-state index >= 15 is 0 Å². The van der Waals surface area contributed by atoms with Gasteiger partial charge in [0.1, 0.15) is 6.33 Å². The van der Waals surface area contributed by atoms with Crippen molar-refractivity contribution in [2.75, 3.05) is 13.2 Å². The highest BCUT2D eigenvalue weighted by Gasteiger charge is 2.33. The van der Waals surface area contributed by atoms with Gasteiger partial charge in [0.25, 0.3) is 5.56 Å². The molecule has 0 spiro atoms. The van der Waals surface area contributed by atoms with Gasteiger partial charge < -0.3 is 9.47 Å². The number of rotatable bonds is 6. The van der Waals surface area contributed by atoms with E-state index in [1.807, 2.05) is 32.0 Å². The van der Waals surface area contributed by atoms with Gasteiger partial charge in [-0.05, 0) is 51.0 Å². The largest absolute Gasteiger partial charge is 0.464 e. The first-order valence-electron chi connectivity index (χ1n) is 9.12. The van der Waals surface area contributed by atoms with E-state index in [0.717, 1.165) is 22.0 Å². The zero-order chi connectivity index (χ0) is 21.1. The van der Waals surface area contributed by atoms with Crippen LogP contribution in [0.1, 0.15) is 31.0 Å². The molecule has 29 heavy (non-hydrogen) atoms. The standard InChI is InChI=1S/C19H21N5O5/c1-5-28-18(26)15(19(27)29-6-2)23-10-20-16-14(17(23)25)21-22-24(16)13-8-7-11(3)12(4)9-13/h7-10,15H,5-6H2,1-4H3. The number of hydrogen-bond acceptors (Lipinski definition) is 8. The minimum absolute atomic E-state index is 0.0438. The monoisotopic (exact) mass is 399 g/mol. The summed E-state index contributed by atoms with van der Waals surface area (Å²) in [5, 5.41) is 7.93. The van der Waals surface area contributed by atoms with Crippen molar-refractivity contribution < 1.29 is 19.1 Å². The fourth-order valence-electron chi connectivity index (χ4n) is 2.80. The Labute approximate surface area is 166 Å². The highest BCUT2D eigenvalue weighted by molar-refractivity contribution is 5.97. The highest BCUT2D eigenvalue weighted by atomic mass is 16.6. The second kappa shape index (κ2) is 8.21. The summed E-state index contributed by atoms with van der Waals surface area (Å²) in [6, 6.07) is 4.06. The minimum Gasteiger partial charge on any atom is -0.464 e. The Kier molecular flexibility index (Phi) is 5.71. The average Bonchev–Trinajstić information content (AvgIpc) is 3.11. The molecule has 3 rings (SSSR count). The number of fused-ring (bicyclic) bond motifs is 1. The normalized spacial score (nSPS) is 11.1. The van der Waals surface area contributed by atoms with Crippen LogP contribution in [0.4, 0.5) is 0 Å². The van der Waals surface area contributed by atoms with Crippen LogP contribution < -0.4 is 5.56 Å². The SMILES string of the molecule is CCOC(=O)C(C(=O)OCC)n1cnc2c(nnn2-c2ccc(C)c(C)c2)c1=O. The lowest BCUT2D eigenvalue weighted by Crippen LogP contribution is -2.37. The van der Waals surface area contributed by atoms with E-state index in [4.69, 9.17) is 9.47 Å². The lowest BCUT2D eigenvalue weighted by atomic mass is 10.1. The number of esters is 2. The summed E-state index contributed by atoms with van der Waals surface area (Å²) in [6.07, 6.45) is 1.10. The predicted molar refractivity (Wildman–Crippen MR) is 103 cm³/mol. The second-order valence-electron chi connectivity index (χ2n) is 6.31. The van der Waals surface area contributed by atoms with E-state index < -0.39 is 23.5 Å². The van der Waals surface area contributed by atoms with Crippen molar-refractivity contribution in [3.05, 3.63) is 46.0 Å². The molecule has 0 bridgehead atoms. The van der Waals surface area contributed by atoms with Gasteiger partial charge in [-0.3, -0.25) is 9.36 Å². The lowest BCUT2D eigenvalue weighted by molar-refractivity contribution is -0.160. The van der Waals surface area contributed by atoms with Crippen LogP contribution in [0.25, 0.3) is 16.9 Å². The smallest absolute Gasteiger partial charge is 0.341 e. The molecule has 0 atom stereocenters. The fraction of sp³-hybridized carbons (Fsp3) is 0.368. The predicted octanol–water partition coefficient (Wildman–Crippen LogP) is 1.26. The summed E-state index contributed by atoms with van der Waals surface area (Å²) in [5.74, 6) is -1.81. The van der Waals surface area contributed by atoms with Crippen molar-refractivity contribution in [3.8, 4) is 5.69 Å². The first-order valence-corrected chi connectivity index (χ1v) is 9.12. The molecular weight excluding hydrogens is 378 g/mol. The number of ether oxygens (including phenoxy) is 2. The van der Waals surface area contributed by atoms with Crippen LogP contribution in [0.5, 0.6) is 0 Å². The van der Waals surface area contributed by atoms with Gasteiger partial charge in [0.2, 0.25) is 6.04 Å². The number of benzene rings is 1. The average molecular weight is 399 g/mol. The van der Waals surface area contributed by atoms with E-state index in [2.05, 4.69) is 15.3 Å². The summed E-state index contributed by atoms with van der Waals surface area (Å²) in [4.78, 5) is 41.8. The molecule has 0 aliphatic heterocycles. The summed E-state index contributed by atoms with van der Waals surface area (Å²) in [5.41, 5.74) is 2.28. The first-order chi connectivity index (χ1) is 13.9. The molecule has 0 unspecified atom stereocenters. The van der Waals surface area contributed by atoms with Gasteiger partial charge in [-0.1, -0.05) is 11.3 Å². The van der Waals surface area contributed by atoms with E-state index in [1.54, 1.807) is 13.8 Å². The Morgan fingerprint density at radius 2 is 1.72 bits per heavy atom. The molecule has 0 amide bonds. The Hall–Kier alpha value is -3.56. The van der Waals surface area contributed by atoms with Gasteiger partial charge in [-0.25, -0.2) is 14.6 Å². The zero-order valence-corrected chi connectivity index (χ0v) is 16.6. The summed E-state index contributed by atoms with van der Waals surface area (Å²) < 4.78 is 12.1. The number of carbonyl (C=O) groups is 2. The summed E-state index contributed by atoms with van der Waals surface area (Å²) >= 11 is 0. The third kappa shape index (κ3) is 3.73. The van der Waals surface area contributed by atoms with Crippen LogP contribution in [-0.4, -0.2) is 49.7 Å². The molecule has 0 radical (unpaired) electrons. The Bertz CT molecular complexity index is 1120. The van der Waals surface area contributed by atoms with Gasteiger partial charge in [-0.2, -0.15) is 4.68 Å². The maximum absolute atomic E-state index is 12.9. The summed E-state index contributed by atoms with van der Waals surface area (Å²) in [7, 11) is 0. The Morgan fingerprint density at radius 1 is 1.07 bits per heavy atom. The van der Waals surface area contributed by atoms with E-state index in [0.29, 0.717) is 5.69 Å². The van der Waals surface area contributed by atoms with Gasteiger partial charge in [-0.15, -0.1) is 5.10 Å². The van der Waals surface area contributed by atoms with Crippen molar-refractivity contribution in [2.24, 2.45) is 0 Å². The van der Waals surface area contributed by atoms with Crippen molar-refractivity contribution in [1.82, 2.24) is 24.5 Å². The molecule has 0 N–H and O–H groups in total. The molecule has 0 saturated carbocycles. The van der Waals surface area contributed by atoms with Crippen LogP contribution >= 0.6 is 0 Å². The third-order valence-corrected chi connectivity index (χ3v) is 4.42. The molecule has 10 nitrogen and oxygen atoms in total. The zero-order valence-electron chi connectivity index (χ0n) is 16.6. The van der Waals surface area contributed by atoms with Crippen molar-refractivity contribution in [1.29, 1.82) is 0 Å². The molecule has 0 aliphatic carbocycles. The molecule has 0 fully saturated rings. The number of carbonyl (C=O) groups excluding carboxylic acids is 2. The van der Waals surface area contributed by atoms with E-state index in [1.165, 1.54) is 4.68 Å². The summed E-state index contributed by atoms with van der Waals surface area (Å²) in [6.45, 7) is 7.23. The Morgan fingerprint density at radius 3 is 2.31 bits per heavy atom. The van der Waals surface area contributed by atoms with Crippen LogP contribution in [0.3, 0.4) is 0 Å².